The van der Waals surface area contributed by atoms with Crippen LogP contribution in [0.1, 0.15) is 0 Å². The van der Waals surface area contributed by atoms with E-state index >= 15 is 0 Å². The molecule has 1 aromatic heterocycles. The van der Waals surface area contributed by atoms with E-state index < -0.39 is 0 Å². The Morgan fingerprint density at radius 1 is 1.33 bits per heavy atom. The first-order valence-corrected chi connectivity index (χ1v) is 5.15. The summed E-state index contributed by atoms with van der Waals surface area (Å²) in [5.74, 6) is 0.940. The lowest BCUT2D eigenvalue weighted by Crippen LogP contribution is -1.79. The van der Waals surface area contributed by atoms with Gasteiger partial charge in [0.15, 0.2) is 5.75 Å². The minimum atomic E-state index is 0.940. The number of hydrogen-bond donors (Lipinski definition) is 0. The van der Waals surface area contributed by atoms with Gasteiger partial charge in [-0.1, -0.05) is 12.1 Å². The standard InChI is InChI=1S/C9H7BrOS/c1-11-8-6-4-2-3-5-7(6)12-9(8)10/h2-5H,1H3. The quantitative estimate of drug-likeness (QED) is 0.742. The van der Waals surface area contributed by atoms with E-state index in [4.69, 9.17) is 4.74 Å². The van der Waals surface area contributed by atoms with Gasteiger partial charge in [0.2, 0.25) is 0 Å². The number of halogens is 1. The van der Waals surface area contributed by atoms with Crippen LogP contribution in [0.5, 0.6) is 5.75 Å². The summed E-state index contributed by atoms with van der Waals surface area (Å²) in [6, 6.07) is 8.21. The molecule has 62 valence electrons. The van der Waals surface area contributed by atoms with E-state index in [9.17, 15) is 0 Å². The normalized spacial score (nSPS) is 10.5. The fourth-order valence-electron chi connectivity index (χ4n) is 1.18. The van der Waals surface area contributed by atoms with Crippen molar-refractivity contribution in [1.82, 2.24) is 0 Å². The van der Waals surface area contributed by atoms with E-state index in [-0.39, 0.29) is 0 Å². The van der Waals surface area contributed by atoms with Gasteiger partial charge in [-0.25, -0.2) is 0 Å². The molecule has 1 heterocycles. The van der Waals surface area contributed by atoms with Crippen molar-refractivity contribution in [2.75, 3.05) is 7.11 Å². The van der Waals surface area contributed by atoms with Crippen LogP contribution in [-0.4, -0.2) is 7.11 Å². The number of fused-ring (bicyclic) bond motifs is 1. The van der Waals surface area contributed by atoms with Gasteiger partial charge in [-0.15, -0.1) is 11.3 Å². The molecule has 0 spiro atoms. The average Bonchev–Trinajstić information content (AvgIpc) is 2.40. The summed E-state index contributed by atoms with van der Waals surface area (Å²) in [4.78, 5) is 0. The Morgan fingerprint density at radius 2 is 2.08 bits per heavy atom. The highest BCUT2D eigenvalue weighted by atomic mass is 79.9. The van der Waals surface area contributed by atoms with Gasteiger partial charge in [-0.2, -0.15) is 0 Å². The van der Waals surface area contributed by atoms with Gasteiger partial charge in [0.25, 0.3) is 0 Å². The summed E-state index contributed by atoms with van der Waals surface area (Å²) < 4.78 is 7.57. The molecule has 3 heteroatoms. The Balaban J connectivity index is 2.81. The van der Waals surface area contributed by atoms with Crippen LogP contribution >= 0.6 is 27.3 Å². The fraction of sp³-hybridized carbons (Fsp3) is 0.111. The van der Waals surface area contributed by atoms with E-state index in [1.165, 1.54) is 10.1 Å². The highest BCUT2D eigenvalue weighted by Gasteiger charge is 2.08. The van der Waals surface area contributed by atoms with Crippen LogP contribution < -0.4 is 4.74 Å². The van der Waals surface area contributed by atoms with E-state index in [2.05, 4.69) is 28.1 Å². The van der Waals surface area contributed by atoms with Crippen LogP contribution in [-0.2, 0) is 0 Å². The van der Waals surface area contributed by atoms with Crippen molar-refractivity contribution >= 4 is 37.4 Å². The van der Waals surface area contributed by atoms with Gasteiger partial charge in [-0.05, 0) is 28.1 Å². The molecule has 0 bridgehead atoms. The first-order chi connectivity index (χ1) is 5.83. The summed E-state index contributed by atoms with van der Waals surface area (Å²) in [5, 5.41) is 1.18. The zero-order chi connectivity index (χ0) is 8.55. The van der Waals surface area contributed by atoms with Gasteiger partial charge in [0.05, 0.1) is 7.11 Å². The molecule has 12 heavy (non-hydrogen) atoms. The summed E-state index contributed by atoms with van der Waals surface area (Å²) in [5.41, 5.74) is 0. The SMILES string of the molecule is COc1c(Br)sc2ccccc12. The molecule has 0 radical (unpaired) electrons. The van der Waals surface area contributed by atoms with Gasteiger partial charge >= 0.3 is 0 Å². The Hall–Kier alpha value is -0.540. The van der Waals surface area contributed by atoms with Crippen LogP contribution in [0.2, 0.25) is 0 Å². The molecule has 0 fully saturated rings. The topological polar surface area (TPSA) is 9.23 Å². The van der Waals surface area contributed by atoms with Crippen LogP contribution in [0, 0.1) is 0 Å². The molecule has 2 aromatic rings. The maximum Gasteiger partial charge on any atom is 0.151 e. The van der Waals surface area contributed by atoms with Crippen LogP contribution in [0.4, 0.5) is 0 Å². The monoisotopic (exact) mass is 242 g/mol. The average molecular weight is 243 g/mol. The van der Waals surface area contributed by atoms with Crippen LogP contribution in [0.15, 0.2) is 28.1 Å². The van der Waals surface area contributed by atoms with Gasteiger partial charge in [0, 0.05) is 10.1 Å². The Bertz CT molecular complexity index is 408. The third-order valence-corrected chi connectivity index (χ3v) is 3.50. The van der Waals surface area contributed by atoms with Gasteiger partial charge in [-0.3, -0.25) is 0 Å². The summed E-state index contributed by atoms with van der Waals surface area (Å²) in [7, 11) is 1.69. The molecule has 1 nitrogen and oxygen atoms in total. The second-order valence-corrected chi connectivity index (χ2v) is 4.78. The maximum atomic E-state index is 5.26. The second-order valence-electron chi connectivity index (χ2n) is 2.41. The van der Waals surface area contributed by atoms with Crippen LogP contribution in [0.3, 0.4) is 0 Å². The molecule has 0 atom stereocenters. The molecule has 0 aliphatic carbocycles. The summed E-state index contributed by atoms with van der Waals surface area (Å²) in [6.45, 7) is 0. The van der Waals surface area contributed by atoms with E-state index in [0.29, 0.717) is 0 Å². The molecule has 0 saturated carbocycles. The molecule has 1 aromatic carbocycles. The summed E-state index contributed by atoms with van der Waals surface area (Å²) >= 11 is 5.16. The Morgan fingerprint density at radius 3 is 2.83 bits per heavy atom. The lowest BCUT2D eigenvalue weighted by Gasteiger charge is -1.96. The smallest absolute Gasteiger partial charge is 0.151 e. The predicted octanol–water partition coefficient (Wildman–Crippen LogP) is 3.67. The van der Waals surface area contributed by atoms with Gasteiger partial charge in [0.1, 0.15) is 3.79 Å². The Kier molecular flexibility index (Phi) is 2.07. The van der Waals surface area contributed by atoms with Crippen molar-refractivity contribution in [3.63, 3.8) is 0 Å². The molecule has 2 rings (SSSR count). The number of benzene rings is 1. The minimum Gasteiger partial charge on any atom is -0.494 e. The maximum absolute atomic E-state index is 5.26. The van der Waals surface area contributed by atoms with Crippen molar-refractivity contribution in [3.8, 4) is 5.75 Å². The number of methoxy groups -OCH3 is 1. The summed E-state index contributed by atoms with van der Waals surface area (Å²) in [6.07, 6.45) is 0. The van der Waals surface area contributed by atoms with Crippen molar-refractivity contribution < 1.29 is 4.74 Å². The van der Waals surface area contributed by atoms with Crippen molar-refractivity contribution in [2.24, 2.45) is 0 Å². The molecule has 0 aliphatic rings. The molecular weight excluding hydrogens is 236 g/mol. The van der Waals surface area contributed by atoms with E-state index in [1.54, 1.807) is 18.4 Å². The lowest BCUT2D eigenvalue weighted by atomic mass is 10.2. The molecule has 0 saturated heterocycles. The number of hydrogen-bond acceptors (Lipinski definition) is 2. The van der Waals surface area contributed by atoms with E-state index in [0.717, 1.165) is 9.54 Å². The third-order valence-electron chi connectivity index (χ3n) is 1.71. The lowest BCUT2D eigenvalue weighted by molar-refractivity contribution is 0.419. The molecule has 0 aliphatic heterocycles. The van der Waals surface area contributed by atoms with E-state index in [1.807, 2.05) is 12.1 Å². The number of ether oxygens (including phenoxy) is 1. The minimum absolute atomic E-state index is 0.940. The predicted molar refractivity (Wildman–Crippen MR) is 56.1 cm³/mol. The molecule has 0 unspecified atom stereocenters. The first-order valence-electron chi connectivity index (χ1n) is 3.54. The second kappa shape index (κ2) is 3.07. The number of rotatable bonds is 1. The highest BCUT2D eigenvalue weighted by molar-refractivity contribution is 9.11. The van der Waals surface area contributed by atoms with Crippen LogP contribution in [0.25, 0.3) is 10.1 Å². The van der Waals surface area contributed by atoms with Crippen molar-refractivity contribution in [1.29, 1.82) is 0 Å². The molecular formula is C9H7BrOS. The fourth-order valence-corrected chi connectivity index (χ4v) is 2.98. The molecule has 0 N–H and O–H groups in total. The zero-order valence-corrected chi connectivity index (χ0v) is 8.91. The highest BCUT2D eigenvalue weighted by Crippen LogP contribution is 2.40. The Labute approximate surface area is 83.1 Å². The van der Waals surface area contributed by atoms with Crippen molar-refractivity contribution in [2.45, 2.75) is 0 Å². The van der Waals surface area contributed by atoms with Gasteiger partial charge < -0.3 is 4.74 Å². The molecule has 0 amide bonds. The third kappa shape index (κ3) is 1.13. The largest absolute Gasteiger partial charge is 0.494 e. The van der Waals surface area contributed by atoms with Crippen molar-refractivity contribution in [3.05, 3.63) is 28.1 Å². The number of thiophene rings is 1. The zero-order valence-electron chi connectivity index (χ0n) is 6.50. The first kappa shape index (κ1) is 8.08.